The minimum atomic E-state index is -3.29. The van der Waals surface area contributed by atoms with E-state index in [0.717, 1.165) is 18.4 Å². The number of carbonyl (C=O) groups excluding carboxylic acids is 1. The van der Waals surface area contributed by atoms with E-state index in [1.165, 1.54) is 12.7 Å². The number of methoxy groups -OCH3 is 1. The van der Waals surface area contributed by atoms with Crippen LogP contribution in [0.25, 0.3) is 0 Å². The molecule has 0 aliphatic heterocycles. The maximum absolute atomic E-state index is 12.6. The predicted molar refractivity (Wildman–Crippen MR) is 91.8 cm³/mol. The van der Waals surface area contributed by atoms with Gasteiger partial charge in [0.1, 0.15) is 0 Å². The zero-order chi connectivity index (χ0) is 17.2. The van der Waals surface area contributed by atoms with E-state index in [1.54, 1.807) is 30.3 Å². The molecular formula is C19H20O4S. The van der Waals surface area contributed by atoms with E-state index >= 15 is 0 Å². The van der Waals surface area contributed by atoms with Crippen molar-refractivity contribution < 1.29 is 17.9 Å². The summed E-state index contributed by atoms with van der Waals surface area (Å²) in [6.45, 7) is 0. The molecule has 1 atom stereocenters. The summed E-state index contributed by atoms with van der Waals surface area (Å²) in [5.41, 5.74) is 2.76. The van der Waals surface area contributed by atoms with Crippen LogP contribution in [0.1, 0.15) is 27.9 Å². The lowest BCUT2D eigenvalue weighted by atomic mass is 9.84. The van der Waals surface area contributed by atoms with Gasteiger partial charge >= 0.3 is 5.97 Å². The van der Waals surface area contributed by atoms with Gasteiger partial charge in [-0.05, 0) is 60.6 Å². The highest BCUT2D eigenvalue weighted by Crippen LogP contribution is 2.29. The van der Waals surface area contributed by atoms with E-state index in [-0.39, 0.29) is 17.6 Å². The Morgan fingerprint density at radius 1 is 1.12 bits per heavy atom. The van der Waals surface area contributed by atoms with Crippen molar-refractivity contribution in [2.45, 2.75) is 24.2 Å². The van der Waals surface area contributed by atoms with Gasteiger partial charge < -0.3 is 4.74 Å². The summed E-state index contributed by atoms with van der Waals surface area (Å²) < 4.78 is 29.9. The second kappa shape index (κ2) is 6.77. The van der Waals surface area contributed by atoms with E-state index in [2.05, 4.69) is 0 Å². The summed E-state index contributed by atoms with van der Waals surface area (Å²) in [5, 5.41) is 0. The van der Waals surface area contributed by atoms with Crippen LogP contribution in [0.15, 0.2) is 53.4 Å². The molecule has 4 nitrogen and oxygen atoms in total. The second-order valence-corrected chi connectivity index (χ2v) is 8.21. The standard InChI is InChI=1S/C19H20O4S/c1-23-19(20)16-10-9-15-8-7-14(11-17(15)12-16)13-24(21,22)18-5-3-2-4-6-18/h2-6,9-10,12,14H,7-8,11,13H2,1H3. The van der Waals surface area contributed by atoms with Crippen molar-refractivity contribution in [1.29, 1.82) is 0 Å². The van der Waals surface area contributed by atoms with Gasteiger partial charge in [0.05, 0.1) is 23.3 Å². The fourth-order valence-electron chi connectivity index (χ4n) is 3.25. The molecule has 5 heteroatoms. The lowest BCUT2D eigenvalue weighted by Gasteiger charge is -2.25. The number of ether oxygens (including phenoxy) is 1. The molecule has 1 aliphatic carbocycles. The normalized spacial score (nSPS) is 17.1. The zero-order valence-electron chi connectivity index (χ0n) is 13.6. The Labute approximate surface area is 142 Å². The molecule has 1 aliphatic rings. The summed E-state index contributed by atoms with van der Waals surface area (Å²) in [7, 11) is -1.93. The highest BCUT2D eigenvalue weighted by Gasteiger charge is 2.26. The number of hydrogen-bond acceptors (Lipinski definition) is 4. The Morgan fingerprint density at radius 3 is 2.58 bits per heavy atom. The van der Waals surface area contributed by atoms with Crippen LogP contribution in [0.4, 0.5) is 0 Å². The van der Waals surface area contributed by atoms with Gasteiger partial charge in [0.25, 0.3) is 0 Å². The SMILES string of the molecule is COC(=O)c1ccc2c(c1)CC(CS(=O)(=O)c1ccccc1)CC2. The number of hydrogen-bond donors (Lipinski definition) is 0. The molecule has 126 valence electrons. The minimum absolute atomic E-state index is 0.0654. The first-order valence-electron chi connectivity index (χ1n) is 7.97. The van der Waals surface area contributed by atoms with Crippen LogP contribution < -0.4 is 0 Å². The van der Waals surface area contributed by atoms with Crippen LogP contribution in [0.5, 0.6) is 0 Å². The molecule has 0 radical (unpaired) electrons. The molecule has 0 saturated carbocycles. The Kier molecular flexibility index (Phi) is 4.71. The number of carbonyl (C=O) groups is 1. The molecule has 0 amide bonds. The summed E-state index contributed by atoms with van der Waals surface area (Å²) in [5.74, 6) is -0.161. The van der Waals surface area contributed by atoms with E-state index in [9.17, 15) is 13.2 Å². The molecule has 0 bridgehead atoms. The third kappa shape index (κ3) is 3.51. The van der Waals surface area contributed by atoms with Crippen LogP contribution in [0, 0.1) is 5.92 Å². The van der Waals surface area contributed by atoms with Gasteiger partial charge in [0.15, 0.2) is 9.84 Å². The number of fused-ring (bicyclic) bond motifs is 1. The van der Waals surface area contributed by atoms with Crippen LogP contribution in [0.3, 0.4) is 0 Å². The molecule has 0 fully saturated rings. The average molecular weight is 344 g/mol. The predicted octanol–water partition coefficient (Wildman–Crippen LogP) is 3.05. The summed E-state index contributed by atoms with van der Waals surface area (Å²) in [4.78, 5) is 12.1. The zero-order valence-corrected chi connectivity index (χ0v) is 14.4. The Hall–Kier alpha value is -2.14. The molecule has 0 spiro atoms. The molecule has 0 aromatic heterocycles. The van der Waals surface area contributed by atoms with Crippen molar-refractivity contribution in [2.75, 3.05) is 12.9 Å². The lowest BCUT2D eigenvalue weighted by molar-refractivity contribution is 0.0600. The average Bonchev–Trinajstić information content (AvgIpc) is 2.61. The number of sulfone groups is 1. The van der Waals surface area contributed by atoms with Crippen molar-refractivity contribution >= 4 is 15.8 Å². The van der Waals surface area contributed by atoms with Gasteiger partial charge in [-0.1, -0.05) is 24.3 Å². The lowest BCUT2D eigenvalue weighted by Crippen LogP contribution is -2.23. The van der Waals surface area contributed by atoms with E-state index in [4.69, 9.17) is 4.74 Å². The summed E-state index contributed by atoms with van der Waals surface area (Å²) >= 11 is 0. The first-order valence-corrected chi connectivity index (χ1v) is 9.63. The molecule has 0 heterocycles. The molecule has 2 aromatic carbocycles. The van der Waals surface area contributed by atoms with Crippen LogP contribution >= 0.6 is 0 Å². The molecule has 1 unspecified atom stereocenters. The largest absolute Gasteiger partial charge is 0.465 e. The molecular weight excluding hydrogens is 324 g/mol. The number of aryl methyl sites for hydroxylation is 1. The highest BCUT2D eigenvalue weighted by atomic mass is 32.2. The van der Waals surface area contributed by atoms with E-state index in [0.29, 0.717) is 16.9 Å². The van der Waals surface area contributed by atoms with Gasteiger partial charge in [0.2, 0.25) is 0 Å². The van der Waals surface area contributed by atoms with Crippen LogP contribution in [0.2, 0.25) is 0 Å². The fourth-order valence-corrected chi connectivity index (χ4v) is 4.92. The van der Waals surface area contributed by atoms with Crippen molar-refractivity contribution in [2.24, 2.45) is 5.92 Å². The number of benzene rings is 2. The maximum Gasteiger partial charge on any atom is 0.337 e. The van der Waals surface area contributed by atoms with Gasteiger partial charge in [0, 0.05) is 0 Å². The van der Waals surface area contributed by atoms with Gasteiger partial charge in [-0.3, -0.25) is 0 Å². The Morgan fingerprint density at radius 2 is 1.88 bits per heavy atom. The number of esters is 1. The third-order valence-electron chi connectivity index (χ3n) is 4.52. The first-order chi connectivity index (χ1) is 11.5. The highest BCUT2D eigenvalue weighted by molar-refractivity contribution is 7.91. The Bertz CT molecular complexity index is 841. The van der Waals surface area contributed by atoms with Crippen molar-refractivity contribution in [3.8, 4) is 0 Å². The van der Waals surface area contributed by atoms with Gasteiger partial charge in [-0.2, -0.15) is 0 Å². The van der Waals surface area contributed by atoms with Crippen molar-refractivity contribution in [3.05, 3.63) is 65.2 Å². The quantitative estimate of drug-likeness (QED) is 0.800. The molecule has 3 rings (SSSR count). The van der Waals surface area contributed by atoms with Gasteiger partial charge in [-0.25, -0.2) is 13.2 Å². The fraction of sp³-hybridized carbons (Fsp3) is 0.316. The van der Waals surface area contributed by atoms with Crippen molar-refractivity contribution in [3.63, 3.8) is 0 Å². The first kappa shape index (κ1) is 16.7. The third-order valence-corrected chi connectivity index (χ3v) is 6.42. The number of rotatable bonds is 4. The van der Waals surface area contributed by atoms with E-state index in [1.807, 2.05) is 18.2 Å². The molecule has 0 saturated heterocycles. The minimum Gasteiger partial charge on any atom is -0.465 e. The monoisotopic (exact) mass is 344 g/mol. The maximum atomic E-state index is 12.6. The smallest absolute Gasteiger partial charge is 0.337 e. The summed E-state index contributed by atoms with van der Waals surface area (Å²) in [6.07, 6.45) is 2.36. The van der Waals surface area contributed by atoms with E-state index < -0.39 is 9.84 Å². The molecule has 24 heavy (non-hydrogen) atoms. The van der Waals surface area contributed by atoms with Crippen molar-refractivity contribution in [1.82, 2.24) is 0 Å². The van der Waals surface area contributed by atoms with Crippen LogP contribution in [-0.4, -0.2) is 27.2 Å². The van der Waals surface area contributed by atoms with Crippen LogP contribution in [-0.2, 0) is 27.4 Å². The topological polar surface area (TPSA) is 60.4 Å². The second-order valence-electron chi connectivity index (χ2n) is 6.18. The van der Waals surface area contributed by atoms with Gasteiger partial charge in [-0.15, -0.1) is 0 Å². The summed E-state index contributed by atoms with van der Waals surface area (Å²) in [6, 6.07) is 14.1. The Balaban J connectivity index is 1.78. The molecule has 2 aromatic rings. The molecule has 0 N–H and O–H groups in total.